The summed E-state index contributed by atoms with van der Waals surface area (Å²) in [6, 6.07) is 22.6. The van der Waals surface area contributed by atoms with E-state index < -0.39 is 0 Å². The fourth-order valence-electron chi connectivity index (χ4n) is 2.88. The number of rotatable bonds is 7. The molecule has 4 nitrogen and oxygen atoms in total. The van der Waals surface area contributed by atoms with Crippen LogP contribution in [0.1, 0.15) is 29.2 Å². The lowest BCUT2D eigenvalue weighted by atomic mass is 10.0. The van der Waals surface area contributed by atoms with Gasteiger partial charge in [-0.25, -0.2) is 0 Å². The summed E-state index contributed by atoms with van der Waals surface area (Å²) in [4.78, 5) is 0. The Morgan fingerprint density at radius 1 is 1.03 bits per heavy atom. The molecule has 0 aromatic heterocycles. The highest BCUT2D eigenvalue weighted by molar-refractivity contribution is 14.1. The molecule has 0 amide bonds. The Morgan fingerprint density at radius 2 is 1.74 bits per heavy atom. The normalized spacial score (nSPS) is 10.8. The molecule has 3 aromatic carbocycles. The zero-order valence-corrected chi connectivity index (χ0v) is 19.6. The van der Waals surface area contributed by atoms with E-state index in [1.807, 2.05) is 43.3 Å². The van der Waals surface area contributed by atoms with Crippen LogP contribution in [0.15, 0.2) is 60.7 Å². The number of nitriles is 2. The summed E-state index contributed by atoms with van der Waals surface area (Å²) in [6.07, 6.45) is 1.80. The van der Waals surface area contributed by atoms with Gasteiger partial charge in [-0.2, -0.15) is 10.5 Å². The summed E-state index contributed by atoms with van der Waals surface area (Å²) in [5.74, 6) is 1.28. The second kappa shape index (κ2) is 10.9. The SMILES string of the molecule is CCOc1cc(/C=C(/C#N)c2ccc(C#N)cc2)cc(I)c1OCc1ccc(Cl)cc1. The van der Waals surface area contributed by atoms with Crippen LogP contribution in [0.25, 0.3) is 11.6 Å². The fraction of sp³-hybridized carbons (Fsp3) is 0.120. The standard InChI is InChI=1S/C25H18ClIN2O2/c1-2-30-24-13-19(11-21(15-29)20-7-3-17(14-28)4-8-20)12-23(27)25(24)31-16-18-5-9-22(26)10-6-18/h3-13H,2,16H2,1H3/b21-11-. The summed E-state index contributed by atoms with van der Waals surface area (Å²) < 4.78 is 12.7. The first-order chi connectivity index (χ1) is 15.0. The van der Waals surface area contributed by atoms with Crippen LogP contribution < -0.4 is 9.47 Å². The maximum Gasteiger partial charge on any atom is 0.175 e. The van der Waals surface area contributed by atoms with Crippen LogP contribution in [0.5, 0.6) is 11.5 Å². The van der Waals surface area contributed by atoms with E-state index in [2.05, 4.69) is 34.7 Å². The van der Waals surface area contributed by atoms with Gasteiger partial charge >= 0.3 is 0 Å². The van der Waals surface area contributed by atoms with Crippen LogP contribution in [-0.4, -0.2) is 6.61 Å². The van der Waals surface area contributed by atoms with Gasteiger partial charge in [-0.1, -0.05) is 35.9 Å². The van der Waals surface area contributed by atoms with Gasteiger partial charge in [0.25, 0.3) is 0 Å². The lowest BCUT2D eigenvalue weighted by Gasteiger charge is -2.15. The van der Waals surface area contributed by atoms with Crippen LogP contribution in [0, 0.1) is 26.2 Å². The molecular weight excluding hydrogens is 523 g/mol. The molecule has 0 spiro atoms. The van der Waals surface area contributed by atoms with Crippen molar-refractivity contribution in [3.05, 3.63) is 91.5 Å². The molecule has 0 saturated carbocycles. The van der Waals surface area contributed by atoms with E-state index in [-0.39, 0.29) is 0 Å². The maximum absolute atomic E-state index is 9.64. The van der Waals surface area contributed by atoms with Crippen molar-refractivity contribution in [1.29, 1.82) is 10.5 Å². The number of ether oxygens (including phenoxy) is 2. The van der Waals surface area contributed by atoms with Crippen molar-refractivity contribution in [2.75, 3.05) is 6.61 Å². The molecule has 0 radical (unpaired) electrons. The highest BCUT2D eigenvalue weighted by Gasteiger charge is 2.13. The van der Waals surface area contributed by atoms with Crippen LogP contribution in [0.2, 0.25) is 5.02 Å². The first-order valence-corrected chi connectivity index (χ1v) is 11.0. The molecule has 3 aromatic rings. The molecule has 3 rings (SSSR count). The quantitative estimate of drug-likeness (QED) is 0.187. The van der Waals surface area contributed by atoms with Crippen molar-refractivity contribution in [2.24, 2.45) is 0 Å². The summed E-state index contributed by atoms with van der Waals surface area (Å²) in [7, 11) is 0. The van der Waals surface area contributed by atoms with E-state index in [9.17, 15) is 5.26 Å². The van der Waals surface area contributed by atoms with Crippen molar-refractivity contribution in [3.63, 3.8) is 0 Å². The maximum atomic E-state index is 9.64. The molecule has 154 valence electrons. The molecule has 0 aliphatic rings. The molecule has 31 heavy (non-hydrogen) atoms. The highest BCUT2D eigenvalue weighted by atomic mass is 127. The van der Waals surface area contributed by atoms with Crippen molar-refractivity contribution in [1.82, 2.24) is 0 Å². The molecule has 0 N–H and O–H groups in total. The lowest BCUT2D eigenvalue weighted by Crippen LogP contribution is -2.02. The molecule has 0 unspecified atom stereocenters. The zero-order chi connectivity index (χ0) is 22.2. The third kappa shape index (κ3) is 6.01. The number of nitrogens with zero attached hydrogens (tertiary/aromatic N) is 2. The Hall–Kier alpha value is -3.00. The second-order valence-corrected chi connectivity index (χ2v) is 8.14. The van der Waals surface area contributed by atoms with E-state index >= 15 is 0 Å². The highest BCUT2D eigenvalue weighted by Crippen LogP contribution is 2.36. The van der Waals surface area contributed by atoms with Gasteiger partial charge in [0, 0.05) is 5.02 Å². The van der Waals surface area contributed by atoms with Gasteiger partial charge in [0.1, 0.15) is 6.61 Å². The first kappa shape index (κ1) is 22.7. The monoisotopic (exact) mass is 540 g/mol. The van der Waals surface area contributed by atoms with E-state index in [1.165, 1.54) is 0 Å². The first-order valence-electron chi connectivity index (χ1n) is 9.50. The molecule has 0 atom stereocenters. The third-order valence-corrected chi connectivity index (χ3v) is 5.44. The Labute approximate surface area is 200 Å². The van der Waals surface area contributed by atoms with E-state index in [4.69, 9.17) is 26.3 Å². The van der Waals surface area contributed by atoms with Gasteiger partial charge in [0.05, 0.1) is 33.5 Å². The van der Waals surface area contributed by atoms with Crippen LogP contribution in [-0.2, 0) is 6.61 Å². The molecule has 6 heteroatoms. The summed E-state index contributed by atoms with van der Waals surface area (Å²) in [6.45, 7) is 2.79. The zero-order valence-electron chi connectivity index (χ0n) is 16.7. The minimum atomic E-state index is 0.386. The molecule has 0 fully saturated rings. The summed E-state index contributed by atoms with van der Waals surface area (Å²) >= 11 is 8.15. The molecule has 0 bridgehead atoms. The van der Waals surface area contributed by atoms with Crippen LogP contribution >= 0.6 is 34.2 Å². The predicted molar refractivity (Wildman–Crippen MR) is 131 cm³/mol. The summed E-state index contributed by atoms with van der Waals surface area (Å²) in [5, 5.41) is 19.3. The minimum absolute atomic E-state index is 0.386. The van der Waals surface area contributed by atoms with E-state index in [0.717, 1.165) is 20.3 Å². The summed E-state index contributed by atoms with van der Waals surface area (Å²) in [5.41, 5.74) is 3.62. The number of hydrogen-bond acceptors (Lipinski definition) is 4. The average Bonchev–Trinajstić information content (AvgIpc) is 2.78. The third-order valence-electron chi connectivity index (χ3n) is 4.38. The Morgan fingerprint density at radius 3 is 2.35 bits per heavy atom. The largest absolute Gasteiger partial charge is 0.490 e. The molecule has 0 aliphatic heterocycles. The van der Waals surface area contributed by atoms with Gasteiger partial charge in [0.2, 0.25) is 0 Å². The van der Waals surface area contributed by atoms with Gasteiger partial charge in [-0.15, -0.1) is 0 Å². The van der Waals surface area contributed by atoms with Crippen molar-refractivity contribution < 1.29 is 9.47 Å². The van der Waals surface area contributed by atoms with Gasteiger partial charge in [0.15, 0.2) is 11.5 Å². The Balaban J connectivity index is 1.90. The smallest absolute Gasteiger partial charge is 0.175 e. The van der Waals surface area contributed by atoms with Crippen molar-refractivity contribution >= 4 is 45.8 Å². The Bertz CT molecular complexity index is 1170. The number of allylic oxidation sites excluding steroid dienone is 1. The van der Waals surface area contributed by atoms with Crippen molar-refractivity contribution in [2.45, 2.75) is 13.5 Å². The predicted octanol–water partition coefficient (Wildman–Crippen LogP) is 6.86. The van der Waals surface area contributed by atoms with Crippen molar-refractivity contribution in [3.8, 4) is 23.6 Å². The number of hydrogen-bond donors (Lipinski definition) is 0. The fourth-order valence-corrected chi connectivity index (χ4v) is 3.79. The van der Waals surface area contributed by atoms with E-state index in [1.54, 1.807) is 30.3 Å². The Kier molecular flexibility index (Phi) is 7.94. The molecular formula is C25H18ClIN2O2. The van der Waals surface area contributed by atoms with Crippen LogP contribution in [0.4, 0.5) is 0 Å². The molecule has 0 heterocycles. The van der Waals surface area contributed by atoms with Gasteiger partial charge < -0.3 is 9.47 Å². The van der Waals surface area contributed by atoms with E-state index in [0.29, 0.717) is 40.9 Å². The number of halogens is 2. The van der Waals surface area contributed by atoms with Gasteiger partial charge in [-0.3, -0.25) is 0 Å². The van der Waals surface area contributed by atoms with Gasteiger partial charge in [-0.05, 0) is 88.7 Å². The molecule has 0 saturated heterocycles. The molecule has 0 aliphatic carbocycles. The topological polar surface area (TPSA) is 66.0 Å². The average molecular weight is 541 g/mol. The minimum Gasteiger partial charge on any atom is -0.490 e. The second-order valence-electron chi connectivity index (χ2n) is 6.54. The lowest BCUT2D eigenvalue weighted by molar-refractivity contribution is 0.267. The number of benzene rings is 3. The van der Waals surface area contributed by atoms with Crippen LogP contribution in [0.3, 0.4) is 0 Å².